The molecule has 230 valence electrons. The Kier molecular flexibility index (Phi) is 10.2. The number of carbonyl (C=O) groups is 1. The average Bonchev–Trinajstić information content (AvgIpc) is 2.98. The van der Waals surface area contributed by atoms with Crippen molar-refractivity contribution < 1.29 is 22.7 Å². The summed E-state index contributed by atoms with van der Waals surface area (Å²) in [7, 11) is -2.09. The highest BCUT2D eigenvalue weighted by molar-refractivity contribution is 7.89. The molecule has 0 unspecified atom stereocenters. The Bertz CT molecular complexity index is 1440. The zero-order chi connectivity index (χ0) is 30.2. The first kappa shape index (κ1) is 30.9. The molecule has 2 aliphatic rings. The summed E-state index contributed by atoms with van der Waals surface area (Å²) in [5.74, 6) is 0.930. The first-order valence-corrected chi connectivity index (χ1v) is 16.2. The quantitative estimate of drug-likeness (QED) is 0.287. The largest absolute Gasteiger partial charge is 0.439 e. The first-order valence-electron chi connectivity index (χ1n) is 14.8. The number of anilines is 1. The summed E-state index contributed by atoms with van der Waals surface area (Å²) in [6.45, 7) is 5.01. The minimum atomic E-state index is -3.60. The third-order valence-electron chi connectivity index (χ3n) is 7.97. The molecule has 3 aromatic rings. The predicted molar refractivity (Wildman–Crippen MR) is 164 cm³/mol. The van der Waals surface area contributed by atoms with Gasteiger partial charge in [0.25, 0.3) is 0 Å². The Morgan fingerprint density at radius 1 is 0.977 bits per heavy atom. The van der Waals surface area contributed by atoms with Gasteiger partial charge in [0.1, 0.15) is 5.75 Å². The number of amides is 2. The molecule has 2 fully saturated rings. The molecule has 0 radical (unpaired) electrons. The number of pyridine rings is 2. The van der Waals surface area contributed by atoms with Gasteiger partial charge >= 0.3 is 6.03 Å². The van der Waals surface area contributed by atoms with E-state index in [9.17, 15) is 13.2 Å². The summed E-state index contributed by atoms with van der Waals surface area (Å²) in [6, 6.07) is 14.3. The summed E-state index contributed by atoms with van der Waals surface area (Å²) in [4.78, 5) is 26.7. The van der Waals surface area contributed by atoms with Crippen LogP contribution in [0.15, 0.2) is 65.8 Å². The van der Waals surface area contributed by atoms with Crippen molar-refractivity contribution in [1.29, 1.82) is 0 Å². The number of rotatable bonds is 12. The molecule has 0 spiro atoms. The summed E-state index contributed by atoms with van der Waals surface area (Å²) >= 11 is 0. The molecule has 2 N–H and O–H groups in total. The monoisotopic (exact) mass is 608 g/mol. The lowest BCUT2D eigenvalue weighted by Crippen LogP contribution is -2.55. The van der Waals surface area contributed by atoms with Crippen molar-refractivity contribution >= 4 is 21.7 Å². The van der Waals surface area contributed by atoms with Crippen LogP contribution in [0, 0.1) is 6.92 Å². The van der Waals surface area contributed by atoms with E-state index < -0.39 is 10.0 Å². The van der Waals surface area contributed by atoms with Crippen LogP contribution in [-0.4, -0.2) is 79.7 Å². The van der Waals surface area contributed by atoms with E-state index in [-0.39, 0.29) is 23.5 Å². The SMILES string of the molecule is COCCNS(=O)(=O)c1ccc(Oc2ccc(CN3CCC(N(C(=O)Nc4ccc(C)nc4)C4CCC4)CC3)cn2)cc1. The second-order valence-corrected chi connectivity index (χ2v) is 12.9. The van der Waals surface area contributed by atoms with E-state index in [2.05, 4.69) is 29.8 Å². The molecule has 12 heteroatoms. The minimum Gasteiger partial charge on any atom is -0.439 e. The maximum absolute atomic E-state index is 13.3. The van der Waals surface area contributed by atoms with Crippen LogP contribution in [-0.2, 0) is 21.3 Å². The van der Waals surface area contributed by atoms with Crippen molar-refractivity contribution in [2.24, 2.45) is 0 Å². The molecule has 1 saturated carbocycles. The number of methoxy groups -OCH3 is 1. The number of carbonyl (C=O) groups excluding carboxylic acids is 1. The molecule has 0 bridgehead atoms. The molecule has 0 atom stereocenters. The summed E-state index contributed by atoms with van der Waals surface area (Å²) < 4.78 is 37.9. The van der Waals surface area contributed by atoms with Crippen LogP contribution in [0.1, 0.15) is 43.4 Å². The Morgan fingerprint density at radius 3 is 2.33 bits per heavy atom. The molecule has 1 aliphatic carbocycles. The van der Waals surface area contributed by atoms with Gasteiger partial charge < -0.3 is 19.7 Å². The third-order valence-corrected chi connectivity index (χ3v) is 9.45. The van der Waals surface area contributed by atoms with Crippen molar-refractivity contribution in [3.05, 3.63) is 72.2 Å². The number of sulfonamides is 1. The van der Waals surface area contributed by atoms with Crippen LogP contribution in [0.3, 0.4) is 0 Å². The van der Waals surface area contributed by atoms with Crippen molar-refractivity contribution in [1.82, 2.24) is 24.5 Å². The number of nitrogens with zero attached hydrogens (tertiary/aromatic N) is 4. The van der Waals surface area contributed by atoms with Crippen LogP contribution in [0.5, 0.6) is 11.6 Å². The molecule has 2 aromatic heterocycles. The predicted octanol–water partition coefficient (Wildman–Crippen LogP) is 4.55. The number of hydrogen-bond donors (Lipinski definition) is 2. The molecule has 5 rings (SSSR count). The van der Waals surface area contributed by atoms with Crippen molar-refractivity contribution in [2.45, 2.75) is 62.6 Å². The van der Waals surface area contributed by atoms with Gasteiger partial charge in [-0.05, 0) is 81.0 Å². The van der Waals surface area contributed by atoms with Crippen LogP contribution in [0.2, 0.25) is 0 Å². The molecule has 1 saturated heterocycles. The van der Waals surface area contributed by atoms with E-state index in [1.165, 1.54) is 25.7 Å². The van der Waals surface area contributed by atoms with E-state index in [0.717, 1.165) is 62.3 Å². The number of hydrogen-bond acceptors (Lipinski definition) is 8. The summed E-state index contributed by atoms with van der Waals surface area (Å²) in [6.07, 6.45) is 8.68. The number of likely N-dealkylation sites (tertiary alicyclic amines) is 1. The molecule has 43 heavy (non-hydrogen) atoms. The van der Waals surface area contributed by atoms with E-state index in [1.54, 1.807) is 18.3 Å². The Hall–Kier alpha value is -3.58. The Balaban J connectivity index is 1.11. The van der Waals surface area contributed by atoms with Gasteiger partial charge in [0.05, 0.1) is 23.4 Å². The molecule has 1 aromatic carbocycles. The fourth-order valence-electron chi connectivity index (χ4n) is 5.37. The minimum absolute atomic E-state index is 0.0244. The number of benzene rings is 1. The number of aryl methyl sites for hydroxylation is 1. The van der Waals surface area contributed by atoms with Gasteiger partial charge in [-0.3, -0.25) is 9.88 Å². The Labute approximate surface area is 253 Å². The van der Waals surface area contributed by atoms with E-state index >= 15 is 0 Å². The fourth-order valence-corrected chi connectivity index (χ4v) is 6.39. The normalized spacial score (nSPS) is 16.4. The zero-order valence-corrected chi connectivity index (χ0v) is 25.6. The lowest BCUT2D eigenvalue weighted by Gasteiger charge is -2.45. The van der Waals surface area contributed by atoms with E-state index in [0.29, 0.717) is 24.3 Å². The van der Waals surface area contributed by atoms with Gasteiger partial charge in [0.15, 0.2) is 0 Å². The van der Waals surface area contributed by atoms with Gasteiger partial charge in [-0.1, -0.05) is 6.07 Å². The van der Waals surface area contributed by atoms with Gasteiger partial charge in [-0.2, -0.15) is 0 Å². The van der Waals surface area contributed by atoms with Gasteiger partial charge in [-0.15, -0.1) is 0 Å². The smallest absolute Gasteiger partial charge is 0.322 e. The van der Waals surface area contributed by atoms with Gasteiger partial charge in [0.2, 0.25) is 15.9 Å². The molecule has 11 nitrogen and oxygen atoms in total. The maximum atomic E-state index is 13.3. The molecule has 2 amide bonds. The number of ether oxygens (including phenoxy) is 2. The van der Waals surface area contributed by atoms with Crippen LogP contribution >= 0.6 is 0 Å². The Morgan fingerprint density at radius 2 is 1.72 bits per heavy atom. The van der Waals surface area contributed by atoms with Crippen molar-refractivity contribution in [2.75, 3.05) is 38.7 Å². The van der Waals surface area contributed by atoms with Crippen molar-refractivity contribution in [3.63, 3.8) is 0 Å². The second kappa shape index (κ2) is 14.3. The first-order chi connectivity index (χ1) is 20.8. The van der Waals surface area contributed by atoms with Gasteiger partial charge in [-0.25, -0.2) is 22.9 Å². The highest BCUT2D eigenvalue weighted by atomic mass is 32.2. The van der Waals surface area contributed by atoms with Crippen LogP contribution in [0.25, 0.3) is 0 Å². The summed E-state index contributed by atoms with van der Waals surface area (Å²) in [5, 5.41) is 3.06. The zero-order valence-electron chi connectivity index (χ0n) is 24.7. The third kappa shape index (κ3) is 8.29. The number of nitrogens with one attached hydrogen (secondary N) is 2. The molecule has 1 aliphatic heterocycles. The lowest BCUT2D eigenvalue weighted by atomic mass is 9.89. The van der Waals surface area contributed by atoms with Crippen LogP contribution in [0.4, 0.5) is 10.5 Å². The molecular weight excluding hydrogens is 568 g/mol. The maximum Gasteiger partial charge on any atom is 0.322 e. The summed E-state index contributed by atoms with van der Waals surface area (Å²) in [5.41, 5.74) is 2.73. The number of urea groups is 1. The van der Waals surface area contributed by atoms with Gasteiger partial charge in [0, 0.05) is 63.3 Å². The van der Waals surface area contributed by atoms with E-state index in [4.69, 9.17) is 9.47 Å². The second-order valence-electron chi connectivity index (χ2n) is 11.1. The van der Waals surface area contributed by atoms with Crippen molar-refractivity contribution in [3.8, 4) is 11.6 Å². The molecule has 3 heterocycles. The van der Waals surface area contributed by atoms with Crippen LogP contribution < -0.4 is 14.8 Å². The highest BCUT2D eigenvalue weighted by Crippen LogP contribution is 2.31. The topological polar surface area (TPSA) is 126 Å². The standard InChI is InChI=1S/C31H40N6O5S/c1-23-6-8-25(21-32-23)35-31(38)37(26-4-3-5-26)27-14-17-36(18-15-27)22-24-7-13-30(33-20-24)42-28-9-11-29(12-10-28)43(39,40)34-16-19-41-2/h6-13,20-21,26-27,34H,3-5,14-19,22H2,1-2H3,(H,35,38). The molecular formula is C31H40N6O5S. The number of aromatic nitrogens is 2. The average molecular weight is 609 g/mol. The lowest BCUT2D eigenvalue weighted by molar-refractivity contribution is 0.0715. The number of piperidine rings is 1. The highest BCUT2D eigenvalue weighted by Gasteiger charge is 2.36. The van der Waals surface area contributed by atoms with E-state index in [1.807, 2.05) is 37.4 Å². The fraction of sp³-hybridized carbons (Fsp3) is 0.452.